The Hall–Kier alpha value is -0.610. The summed E-state index contributed by atoms with van der Waals surface area (Å²) in [5.74, 6) is 0.572. The van der Waals surface area contributed by atoms with E-state index in [1.54, 1.807) is 0 Å². The maximum Gasteiger partial charge on any atom is 0.223 e. The number of carbonyl (C=O) groups excluding carboxylic acids is 1. The van der Waals surface area contributed by atoms with Gasteiger partial charge in [0, 0.05) is 32.2 Å². The Morgan fingerprint density at radius 2 is 2.00 bits per heavy atom. The van der Waals surface area contributed by atoms with Gasteiger partial charge in [-0.2, -0.15) is 0 Å². The summed E-state index contributed by atoms with van der Waals surface area (Å²) >= 11 is 0. The lowest BCUT2D eigenvalue weighted by Crippen LogP contribution is -2.63. The molecule has 1 heterocycles. The highest BCUT2D eigenvalue weighted by Gasteiger charge is 2.53. The minimum Gasteiger partial charge on any atom is -0.379 e. The van der Waals surface area contributed by atoms with Crippen LogP contribution in [0.15, 0.2) is 0 Å². The molecule has 1 aliphatic heterocycles. The van der Waals surface area contributed by atoms with Crippen molar-refractivity contribution < 1.29 is 9.53 Å². The zero-order valence-corrected chi connectivity index (χ0v) is 14.0. The number of unbranched alkanes of at least 4 members (excludes halogenated alkanes) is 2. The van der Waals surface area contributed by atoms with Gasteiger partial charge in [0.1, 0.15) is 0 Å². The average molecular weight is 296 g/mol. The molecule has 1 saturated carbocycles. The molecule has 4 heteroatoms. The first-order valence-corrected chi connectivity index (χ1v) is 8.66. The first-order chi connectivity index (χ1) is 10.0. The SMILES string of the molecule is CCN1CC2(CC(C(=O)NCCCCCOC(C)C)C2)C1. The van der Waals surface area contributed by atoms with Crippen molar-refractivity contribution in [1.82, 2.24) is 10.2 Å². The average Bonchev–Trinajstić information content (AvgIpc) is 2.34. The van der Waals surface area contributed by atoms with Crippen LogP contribution in [-0.4, -0.2) is 49.7 Å². The second-order valence-corrected chi connectivity index (χ2v) is 7.18. The topological polar surface area (TPSA) is 41.6 Å². The first-order valence-electron chi connectivity index (χ1n) is 8.66. The number of hydrogen-bond donors (Lipinski definition) is 1. The van der Waals surface area contributed by atoms with E-state index in [1.807, 2.05) is 0 Å². The van der Waals surface area contributed by atoms with Gasteiger partial charge in [0.2, 0.25) is 5.91 Å². The summed E-state index contributed by atoms with van der Waals surface area (Å²) in [6.07, 6.45) is 5.83. The standard InChI is InChI=1S/C17H32N2O2/c1-4-19-12-17(13-19)10-15(11-17)16(20)18-8-6-5-7-9-21-14(2)3/h14-15H,4-13H2,1-3H3,(H,18,20). The molecule has 0 radical (unpaired) electrons. The van der Waals surface area contributed by atoms with Crippen LogP contribution >= 0.6 is 0 Å². The fourth-order valence-electron chi connectivity index (χ4n) is 3.63. The zero-order chi connectivity index (χ0) is 15.3. The molecular weight excluding hydrogens is 264 g/mol. The fourth-order valence-corrected chi connectivity index (χ4v) is 3.63. The number of rotatable bonds is 9. The predicted molar refractivity (Wildman–Crippen MR) is 85.2 cm³/mol. The van der Waals surface area contributed by atoms with Crippen molar-refractivity contribution in [3.8, 4) is 0 Å². The van der Waals surface area contributed by atoms with E-state index >= 15 is 0 Å². The first kappa shape index (κ1) is 16.8. The maximum absolute atomic E-state index is 12.0. The molecule has 0 atom stereocenters. The molecule has 0 unspecified atom stereocenters. The van der Waals surface area contributed by atoms with Crippen LogP contribution in [0.25, 0.3) is 0 Å². The van der Waals surface area contributed by atoms with Crippen molar-refractivity contribution in [2.24, 2.45) is 11.3 Å². The molecule has 1 spiro atoms. The van der Waals surface area contributed by atoms with Crippen LogP contribution in [0.4, 0.5) is 0 Å². The highest BCUT2D eigenvalue weighted by molar-refractivity contribution is 5.79. The molecule has 0 bridgehead atoms. The summed E-state index contributed by atoms with van der Waals surface area (Å²) in [6, 6.07) is 0. The Bertz CT molecular complexity index is 330. The van der Waals surface area contributed by atoms with E-state index < -0.39 is 0 Å². The summed E-state index contributed by atoms with van der Waals surface area (Å²) in [7, 11) is 0. The number of likely N-dealkylation sites (tertiary alicyclic amines) is 1. The number of ether oxygens (including phenoxy) is 1. The van der Waals surface area contributed by atoms with Gasteiger partial charge in [-0.05, 0) is 57.9 Å². The van der Waals surface area contributed by atoms with Gasteiger partial charge < -0.3 is 15.0 Å². The normalized spacial score (nSPS) is 21.3. The molecule has 0 aromatic rings. The van der Waals surface area contributed by atoms with Crippen LogP contribution in [0.5, 0.6) is 0 Å². The summed E-state index contributed by atoms with van der Waals surface area (Å²) in [5, 5.41) is 3.10. The molecule has 21 heavy (non-hydrogen) atoms. The van der Waals surface area contributed by atoms with E-state index in [0.29, 0.717) is 11.5 Å². The van der Waals surface area contributed by atoms with Gasteiger partial charge in [0.25, 0.3) is 0 Å². The number of carbonyl (C=O) groups is 1. The van der Waals surface area contributed by atoms with E-state index in [2.05, 4.69) is 31.0 Å². The highest BCUT2D eigenvalue weighted by atomic mass is 16.5. The third kappa shape index (κ3) is 4.68. The molecule has 122 valence electrons. The minimum absolute atomic E-state index is 0.285. The third-order valence-corrected chi connectivity index (χ3v) is 4.87. The number of nitrogens with one attached hydrogen (secondary N) is 1. The van der Waals surface area contributed by atoms with Crippen molar-refractivity contribution in [2.45, 2.75) is 59.0 Å². The van der Waals surface area contributed by atoms with E-state index in [4.69, 9.17) is 4.74 Å². The van der Waals surface area contributed by atoms with Crippen LogP contribution in [0.2, 0.25) is 0 Å². The largest absolute Gasteiger partial charge is 0.379 e. The molecule has 4 nitrogen and oxygen atoms in total. The van der Waals surface area contributed by atoms with Crippen molar-refractivity contribution in [2.75, 3.05) is 32.8 Å². The molecule has 2 aliphatic rings. The molecule has 2 fully saturated rings. The third-order valence-electron chi connectivity index (χ3n) is 4.87. The Labute approximate surface area is 129 Å². The van der Waals surface area contributed by atoms with Gasteiger partial charge in [0.05, 0.1) is 6.10 Å². The van der Waals surface area contributed by atoms with Gasteiger partial charge in [-0.15, -0.1) is 0 Å². The van der Waals surface area contributed by atoms with Gasteiger partial charge in [-0.3, -0.25) is 4.79 Å². The van der Waals surface area contributed by atoms with Crippen LogP contribution in [0, 0.1) is 11.3 Å². The lowest BCUT2D eigenvalue weighted by atomic mass is 9.57. The van der Waals surface area contributed by atoms with Crippen LogP contribution < -0.4 is 5.32 Å². The second-order valence-electron chi connectivity index (χ2n) is 7.18. The van der Waals surface area contributed by atoms with Crippen LogP contribution in [0.1, 0.15) is 52.9 Å². The summed E-state index contributed by atoms with van der Waals surface area (Å²) < 4.78 is 5.50. The Morgan fingerprint density at radius 3 is 2.62 bits per heavy atom. The predicted octanol–water partition coefficient (Wildman–Crippen LogP) is 2.43. The molecule has 1 saturated heterocycles. The van der Waals surface area contributed by atoms with Crippen molar-refractivity contribution in [3.63, 3.8) is 0 Å². The fraction of sp³-hybridized carbons (Fsp3) is 0.941. The molecule has 1 N–H and O–H groups in total. The summed E-state index contributed by atoms with van der Waals surface area (Å²) in [5.41, 5.74) is 0.506. The second kappa shape index (κ2) is 7.59. The monoisotopic (exact) mass is 296 g/mol. The van der Waals surface area contributed by atoms with Crippen LogP contribution in [0.3, 0.4) is 0 Å². The van der Waals surface area contributed by atoms with Gasteiger partial charge in [-0.1, -0.05) is 6.92 Å². The smallest absolute Gasteiger partial charge is 0.223 e. The Balaban J connectivity index is 1.45. The van der Waals surface area contributed by atoms with Crippen molar-refractivity contribution in [1.29, 1.82) is 0 Å². The quantitative estimate of drug-likeness (QED) is 0.664. The van der Waals surface area contributed by atoms with E-state index in [-0.39, 0.29) is 11.8 Å². The van der Waals surface area contributed by atoms with E-state index in [1.165, 1.54) is 13.1 Å². The maximum atomic E-state index is 12.0. The lowest BCUT2D eigenvalue weighted by Gasteiger charge is -2.58. The Morgan fingerprint density at radius 1 is 1.29 bits per heavy atom. The molecule has 0 aromatic heterocycles. The lowest BCUT2D eigenvalue weighted by molar-refractivity contribution is -0.143. The highest BCUT2D eigenvalue weighted by Crippen LogP contribution is 2.51. The number of nitrogens with zero attached hydrogens (tertiary/aromatic N) is 1. The summed E-state index contributed by atoms with van der Waals surface area (Å²) in [4.78, 5) is 14.5. The van der Waals surface area contributed by atoms with Crippen LogP contribution in [-0.2, 0) is 9.53 Å². The number of amides is 1. The molecule has 1 amide bonds. The van der Waals surface area contributed by atoms with Gasteiger partial charge in [0.15, 0.2) is 0 Å². The molecule has 1 aliphatic carbocycles. The number of hydrogen-bond acceptors (Lipinski definition) is 3. The minimum atomic E-state index is 0.285. The van der Waals surface area contributed by atoms with E-state index in [0.717, 1.165) is 51.8 Å². The zero-order valence-electron chi connectivity index (χ0n) is 14.0. The molecular formula is C17H32N2O2. The molecule has 0 aromatic carbocycles. The van der Waals surface area contributed by atoms with Gasteiger partial charge >= 0.3 is 0 Å². The summed E-state index contributed by atoms with van der Waals surface area (Å²) in [6.45, 7) is 11.6. The molecule has 2 rings (SSSR count). The van der Waals surface area contributed by atoms with Gasteiger partial charge in [-0.25, -0.2) is 0 Å². The van der Waals surface area contributed by atoms with Crippen molar-refractivity contribution >= 4 is 5.91 Å². The Kier molecular flexibility index (Phi) is 6.06. The van der Waals surface area contributed by atoms with E-state index in [9.17, 15) is 4.79 Å². The van der Waals surface area contributed by atoms with Crippen molar-refractivity contribution in [3.05, 3.63) is 0 Å².